The maximum absolute atomic E-state index is 12.2. The summed E-state index contributed by atoms with van der Waals surface area (Å²) in [6.45, 7) is 0.256. The van der Waals surface area contributed by atoms with Gasteiger partial charge in [0.2, 0.25) is 0 Å². The fourth-order valence-electron chi connectivity index (χ4n) is 2.16. The Labute approximate surface area is 142 Å². The summed E-state index contributed by atoms with van der Waals surface area (Å²) in [6.07, 6.45) is 2.02. The topological polar surface area (TPSA) is 51.2 Å². The number of aromatic nitrogens is 1. The molecule has 0 aliphatic rings. The molecule has 0 bridgehead atoms. The quantitative estimate of drug-likeness (QED) is 0.533. The molecule has 0 unspecified atom stereocenters. The average molecular weight is 344 g/mol. The van der Waals surface area contributed by atoms with Gasteiger partial charge in [-0.3, -0.25) is 4.79 Å². The van der Waals surface area contributed by atoms with Gasteiger partial charge in [-0.25, -0.2) is 4.98 Å². The van der Waals surface area contributed by atoms with Crippen LogP contribution in [0.5, 0.6) is 5.75 Å². The molecule has 0 spiro atoms. The smallest absolute Gasteiger partial charge is 0.181 e. The number of thiazole rings is 1. The fraction of sp³-hybridized carbons (Fsp3) is 0.176. The van der Waals surface area contributed by atoms with Crippen molar-refractivity contribution in [3.8, 4) is 5.75 Å². The number of thioether (sulfide) groups is 1. The zero-order valence-corrected chi connectivity index (χ0v) is 14.5. The standard InChI is InChI=1S/C17H16N2O2S2/c1-21-13-6-3-11(4-7-13)15(20)10-18-12-5-8-14-16(9-12)23-17(19-14)22-2/h3-9,18H,10H2,1-2H3. The molecule has 1 heterocycles. The molecule has 0 saturated carbocycles. The molecule has 1 N–H and O–H groups in total. The summed E-state index contributed by atoms with van der Waals surface area (Å²) in [5, 5.41) is 3.18. The lowest BCUT2D eigenvalue weighted by Crippen LogP contribution is -2.13. The third-order valence-electron chi connectivity index (χ3n) is 3.41. The first-order valence-corrected chi connectivity index (χ1v) is 9.09. The summed E-state index contributed by atoms with van der Waals surface area (Å²) in [5.41, 5.74) is 2.59. The molecule has 4 nitrogen and oxygen atoms in total. The van der Waals surface area contributed by atoms with Crippen molar-refractivity contribution in [2.75, 3.05) is 25.2 Å². The van der Waals surface area contributed by atoms with Crippen LogP contribution >= 0.6 is 23.1 Å². The summed E-state index contributed by atoms with van der Waals surface area (Å²) in [4.78, 5) is 16.7. The Morgan fingerprint density at radius 1 is 1.26 bits per heavy atom. The van der Waals surface area contributed by atoms with E-state index in [9.17, 15) is 4.79 Å². The second-order valence-electron chi connectivity index (χ2n) is 4.87. The summed E-state index contributed by atoms with van der Waals surface area (Å²) in [6, 6.07) is 13.1. The lowest BCUT2D eigenvalue weighted by atomic mass is 10.1. The molecule has 6 heteroatoms. The van der Waals surface area contributed by atoms with Crippen LogP contribution in [0.2, 0.25) is 0 Å². The van der Waals surface area contributed by atoms with Crippen molar-refractivity contribution >= 4 is 44.8 Å². The van der Waals surface area contributed by atoms with E-state index in [0.29, 0.717) is 5.56 Å². The van der Waals surface area contributed by atoms with Crippen LogP contribution in [0.25, 0.3) is 10.2 Å². The number of ketones is 1. The van der Waals surface area contributed by atoms with Crippen LogP contribution in [0.15, 0.2) is 46.8 Å². The average Bonchev–Trinajstić information content (AvgIpc) is 3.02. The summed E-state index contributed by atoms with van der Waals surface area (Å²) < 4.78 is 7.27. The van der Waals surface area contributed by atoms with Crippen molar-refractivity contribution in [1.82, 2.24) is 4.98 Å². The highest BCUT2D eigenvalue weighted by Gasteiger charge is 2.07. The molecular formula is C17H16N2O2S2. The van der Waals surface area contributed by atoms with Crippen LogP contribution in [0, 0.1) is 0 Å². The number of carbonyl (C=O) groups is 1. The van der Waals surface area contributed by atoms with Crippen LogP contribution in [0.3, 0.4) is 0 Å². The van der Waals surface area contributed by atoms with E-state index in [1.165, 1.54) is 0 Å². The van der Waals surface area contributed by atoms with Gasteiger partial charge in [0.1, 0.15) is 5.75 Å². The minimum absolute atomic E-state index is 0.0434. The number of ether oxygens (including phenoxy) is 1. The first kappa shape index (κ1) is 15.8. The van der Waals surface area contributed by atoms with Crippen molar-refractivity contribution in [1.29, 1.82) is 0 Å². The molecule has 1 aromatic heterocycles. The molecule has 118 valence electrons. The van der Waals surface area contributed by atoms with Crippen molar-refractivity contribution in [2.45, 2.75) is 4.34 Å². The SMILES string of the molecule is COc1ccc(C(=O)CNc2ccc3nc(SC)sc3c2)cc1. The third-order valence-corrected chi connectivity index (χ3v) is 5.41. The lowest BCUT2D eigenvalue weighted by molar-refractivity contribution is 0.101. The van der Waals surface area contributed by atoms with E-state index >= 15 is 0 Å². The van der Waals surface area contributed by atoms with E-state index in [-0.39, 0.29) is 12.3 Å². The van der Waals surface area contributed by atoms with Gasteiger partial charge in [0, 0.05) is 11.3 Å². The number of nitrogens with zero attached hydrogens (tertiary/aromatic N) is 1. The molecule has 0 aliphatic heterocycles. The molecule has 0 saturated heterocycles. The number of hydrogen-bond donors (Lipinski definition) is 1. The number of rotatable bonds is 6. The second-order valence-corrected chi connectivity index (χ2v) is 6.96. The number of carbonyl (C=O) groups excluding carboxylic acids is 1. The molecule has 3 rings (SSSR count). The van der Waals surface area contributed by atoms with E-state index in [0.717, 1.165) is 26.0 Å². The maximum Gasteiger partial charge on any atom is 0.181 e. The molecule has 0 fully saturated rings. The number of benzene rings is 2. The van der Waals surface area contributed by atoms with Gasteiger partial charge in [0.15, 0.2) is 10.1 Å². The number of fused-ring (bicyclic) bond motifs is 1. The first-order valence-electron chi connectivity index (χ1n) is 7.05. The summed E-state index contributed by atoms with van der Waals surface area (Å²) >= 11 is 3.30. The van der Waals surface area contributed by atoms with Gasteiger partial charge in [-0.15, -0.1) is 11.3 Å². The van der Waals surface area contributed by atoms with Crippen molar-refractivity contribution in [3.63, 3.8) is 0 Å². The predicted octanol–water partition coefficient (Wildman–Crippen LogP) is 4.32. The van der Waals surface area contributed by atoms with Gasteiger partial charge in [0.05, 0.1) is 23.9 Å². The molecule has 23 heavy (non-hydrogen) atoms. The molecule has 0 atom stereocenters. The van der Waals surface area contributed by atoms with Crippen LogP contribution in [-0.2, 0) is 0 Å². The Hall–Kier alpha value is -2.05. The monoisotopic (exact) mass is 344 g/mol. The Morgan fingerprint density at radius 3 is 2.74 bits per heavy atom. The number of nitrogens with one attached hydrogen (secondary N) is 1. The molecule has 0 amide bonds. The van der Waals surface area contributed by atoms with Gasteiger partial charge in [-0.1, -0.05) is 11.8 Å². The molecule has 0 aliphatic carbocycles. The van der Waals surface area contributed by atoms with E-state index in [2.05, 4.69) is 10.3 Å². The van der Waals surface area contributed by atoms with E-state index in [1.54, 1.807) is 54.5 Å². The first-order chi connectivity index (χ1) is 11.2. The van der Waals surface area contributed by atoms with E-state index in [4.69, 9.17) is 4.74 Å². The lowest BCUT2D eigenvalue weighted by Gasteiger charge is -2.06. The number of hydrogen-bond acceptors (Lipinski definition) is 6. The fourth-order valence-corrected chi connectivity index (χ4v) is 3.69. The highest BCUT2D eigenvalue weighted by atomic mass is 32.2. The Bertz CT molecular complexity index is 828. The molecule has 0 radical (unpaired) electrons. The zero-order chi connectivity index (χ0) is 16.2. The maximum atomic E-state index is 12.2. The summed E-state index contributed by atoms with van der Waals surface area (Å²) in [7, 11) is 1.61. The molecule has 2 aromatic carbocycles. The molecular weight excluding hydrogens is 328 g/mol. The zero-order valence-electron chi connectivity index (χ0n) is 12.8. The highest BCUT2D eigenvalue weighted by Crippen LogP contribution is 2.29. The van der Waals surface area contributed by atoms with Crippen LogP contribution < -0.4 is 10.1 Å². The van der Waals surface area contributed by atoms with Gasteiger partial charge in [0.25, 0.3) is 0 Å². The van der Waals surface area contributed by atoms with Gasteiger partial charge in [-0.05, 0) is 48.7 Å². The van der Waals surface area contributed by atoms with Gasteiger partial charge in [-0.2, -0.15) is 0 Å². The van der Waals surface area contributed by atoms with Crippen molar-refractivity contribution in [2.24, 2.45) is 0 Å². The van der Waals surface area contributed by atoms with Crippen LogP contribution in [-0.4, -0.2) is 30.7 Å². The normalized spacial score (nSPS) is 10.7. The van der Waals surface area contributed by atoms with E-state index in [1.807, 2.05) is 24.5 Å². The van der Waals surface area contributed by atoms with Gasteiger partial charge >= 0.3 is 0 Å². The number of methoxy groups -OCH3 is 1. The third kappa shape index (κ3) is 3.65. The molecule has 3 aromatic rings. The highest BCUT2D eigenvalue weighted by molar-refractivity contribution is 8.00. The van der Waals surface area contributed by atoms with Gasteiger partial charge < -0.3 is 10.1 Å². The van der Waals surface area contributed by atoms with Crippen LogP contribution in [0.1, 0.15) is 10.4 Å². The van der Waals surface area contributed by atoms with Crippen molar-refractivity contribution in [3.05, 3.63) is 48.0 Å². The minimum Gasteiger partial charge on any atom is -0.497 e. The van der Waals surface area contributed by atoms with Crippen molar-refractivity contribution < 1.29 is 9.53 Å². The largest absolute Gasteiger partial charge is 0.497 e. The second kappa shape index (κ2) is 7.02. The Morgan fingerprint density at radius 2 is 2.04 bits per heavy atom. The number of Topliss-reactive ketones (excluding diaryl/α,β-unsaturated/α-hetero) is 1. The summed E-state index contributed by atoms with van der Waals surface area (Å²) in [5.74, 6) is 0.789. The van der Waals surface area contributed by atoms with Crippen LogP contribution in [0.4, 0.5) is 5.69 Å². The predicted molar refractivity (Wildman–Crippen MR) is 97.2 cm³/mol. The minimum atomic E-state index is 0.0434. The Balaban J connectivity index is 1.68. The Kier molecular flexibility index (Phi) is 4.83. The van der Waals surface area contributed by atoms with E-state index < -0.39 is 0 Å². The number of anilines is 1.